The topological polar surface area (TPSA) is 52.1 Å². The Morgan fingerprint density at radius 3 is 2.27 bits per heavy atom. The maximum absolute atomic E-state index is 15.3. The van der Waals surface area contributed by atoms with E-state index < -0.39 is 23.1 Å². The van der Waals surface area contributed by atoms with E-state index in [0.717, 1.165) is 6.20 Å². The zero-order chi connectivity index (χ0) is 21.8. The lowest BCUT2D eigenvalue weighted by molar-refractivity contribution is -0.121. The molecule has 160 valence electrons. The van der Waals surface area contributed by atoms with Crippen LogP contribution in [0.3, 0.4) is 0 Å². The number of likely N-dealkylation sites (tertiary alicyclic amines) is 1. The number of H-pyrrole nitrogens is 1. The zero-order valence-corrected chi connectivity index (χ0v) is 17.5. The van der Waals surface area contributed by atoms with Crippen molar-refractivity contribution in [2.75, 3.05) is 13.1 Å². The van der Waals surface area contributed by atoms with E-state index in [1.165, 1.54) is 24.4 Å². The first kappa shape index (κ1) is 20.9. The standard InChI is InChI=1S/C23H26F3N3O/c1-12(2)29-10-13(3)23(30,14(4)11-29)21-17(24)7-15(8-18(21)25)16-5-6-27-22-20(16)19(26)9-28-22/h5-9,12-14,30H,10-11H2,1-4H3,(H,27,28)/t13-,14+,23-. The third-order valence-corrected chi connectivity index (χ3v) is 6.53. The van der Waals surface area contributed by atoms with Crippen molar-refractivity contribution < 1.29 is 18.3 Å². The van der Waals surface area contributed by atoms with E-state index in [9.17, 15) is 9.50 Å². The number of fused-ring (bicyclic) bond motifs is 1. The van der Waals surface area contributed by atoms with Gasteiger partial charge in [-0.25, -0.2) is 18.2 Å². The molecule has 1 saturated heterocycles. The van der Waals surface area contributed by atoms with E-state index in [-0.39, 0.29) is 34.4 Å². The number of rotatable bonds is 3. The van der Waals surface area contributed by atoms with Crippen LogP contribution in [0.5, 0.6) is 0 Å². The van der Waals surface area contributed by atoms with Crippen molar-refractivity contribution in [3.05, 3.63) is 53.6 Å². The Morgan fingerprint density at radius 1 is 1.10 bits per heavy atom. The first-order valence-electron chi connectivity index (χ1n) is 10.2. The third-order valence-electron chi connectivity index (χ3n) is 6.53. The summed E-state index contributed by atoms with van der Waals surface area (Å²) in [5, 5.41) is 11.7. The Bertz CT molecular complexity index is 1060. The second kappa shape index (κ2) is 7.39. The Morgan fingerprint density at radius 2 is 1.70 bits per heavy atom. The normalized spacial score (nSPS) is 25.4. The molecule has 2 N–H and O–H groups in total. The molecule has 30 heavy (non-hydrogen) atoms. The number of aromatic nitrogens is 2. The fraction of sp³-hybridized carbons (Fsp3) is 0.435. The summed E-state index contributed by atoms with van der Waals surface area (Å²) in [5.41, 5.74) is -1.11. The van der Waals surface area contributed by atoms with Gasteiger partial charge in [-0.1, -0.05) is 13.8 Å². The Hall–Kier alpha value is -2.38. The van der Waals surface area contributed by atoms with Crippen LogP contribution in [0.25, 0.3) is 22.2 Å². The maximum Gasteiger partial charge on any atom is 0.150 e. The Kier molecular flexibility index (Phi) is 5.14. The van der Waals surface area contributed by atoms with Crippen molar-refractivity contribution in [1.82, 2.24) is 14.9 Å². The van der Waals surface area contributed by atoms with Crippen LogP contribution in [0, 0.1) is 29.3 Å². The van der Waals surface area contributed by atoms with Crippen molar-refractivity contribution >= 4 is 11.0 Å². The molecule has 1 fully saturated rings. The third kappa shape index (κ3) is 3.11. The van der Waals surface area contributed by atoms with Crippen molar-refractivity contribution in [3.8, 4) is 11.1 Å². The van der Waals surface area contributed by atoms with Gasteiger partial charge >= 0.3 is 0 Å². The molecule has 0 saturated carbocycles. The molecular weight excluding hydrogens is 391 g/mol. The number of aromatic amines is 1. The van der Waals surface area contributed by atoms with Gasteiger partial charge in [0.15, 0.2) is 5.82 Å². The van der Waals surface area contributed by atoms with E-state index in [0.29, 0.717) is 24.3 Å². The van der Waals surface area contributed by atoms with Crippen LogP contribution in [0.2, 0.25) is 0 Å². The van der Waals surface area contributed by atoms with E-state index in [1.54, 1.807) is 0 Å². The molecule has 3 aromatic rings. The fourth-order valence-electron chi connectivity index (χ4n) is 4.83. The number of hydrogen-bond donors (Lipinski definition) is 2. The lowest BCUT2D eigenvalue weighted by atomic mass is 9.70. The number of nitrogens with one attached hydrogen (secondary N) is 1. The predicted molar refractivity (Wildman–Crippen MR) is 110 cm³/mol. The highest BCUT2D eigenvalue weighted by Gasteiger charge is 2.49. The van der Waals surface area contributed by atoms with Gasteiger partial charge in [0.05, 0.1) is 10.9 Å². The molecule has 3 atom stereocenters. The summed E-state index contributed by atoms with van der Waals surface area (Å²) in [7, 11) is 0. The summed E-state index contributed by atoms with van der Waals surface area (Å²) in [6.45, 7) is 8.85. The number of piperidine rings is 1. The number of aliphatic hydroxyl groups is 1. The van der Waals surface area contributed by atoms with Crippen molar-refractivity contribution in [2.45, 2.75) is 39.3 Å². The average Bonchev–Trinajstić information content (AvgIpc) is 3.06. The minimum absolute atomic E-state index is 0.176. The van der Waals surface area contributed by atoms with Crippen LogP contribution in [-0.2, 0) is 5.60 Å². The second-order valence-electron chi connectivity index (χ2n) is 8.71. The van der Waals surface area contributed by atoms with Crippen LogP contribution in [0.4, 0.5) is 13.2 Å². The molecule has 0 radical (unpaired) electrons. The monoisotopic (exact) mass is 417 g/mol. The molecule has 0 amide bonds. The number of halogens is 3. The molecular formula is C23H26F3N3O. The van der Waals surface area contributed by atoms with E-state index in [1.807, 2.05) is 13.8 Å². The summed E-state index contributed by atoms with van der Waals surface area (Å²) >= 11 is 0. The maximum atomic E-state index is 15.3. The van der Waals surface area contributed by atoms with Crippen LogP contribution < -0.4 is 0 Å². The first-order chi connectivity index (χ1) is 14.1. The second-order valence-corrected chi connectivity index (χ2v) is 8.71. The van der Waals surface area contributed by atoms with Crippen molar-refractivity contribution in [2.24, 2.45) is 11.8 Å². The van der Waals surface area contributed by atoms with Gasteiger partial charge in [0.2, 0.25) is 0 Å². The Labute approximate surface area is 173 Å². The number of pyridine rings is 1. The lowest BCUT2D eigenvalue weighted by Crippen LogP contribution is -2.56. The molecule has 1 aliphatic rings. The van der Waals surface area contributed by atoms with Crippen LogP contribution in [0.1, 0.15) is 33.3 Å². The SMILES string of the molecule is CC(C)N1C[C@@H](C)[C@](O)(c2c(F)cc(-c3ccnc4[nH]cc(F)c34)cc2F)[C@@H](C)C1. The molecule has 0 unspecified atom stereocenters. The van der Waals surface area contributed by atoms with Gasteiger partial charge in [-0.15, -0.1) is 0 Å². The van der Waals surface area contributed by atoms with Crippen LogP contribution >= 0.6 is 0 Å². The van der Waals surface area contributed by atoms with Crippen molar-refractivity contribution in [3.63, 3.8) is 0 Å². The molecule has 0 bridgehead atoms. The van der Waals surface area contributed by atoms with E-state index in [4.69, 9.17) is 0 Å². The molecule has 4 nitrogen and oxygen atoms in total. The predicted octanol–water partition coefficient (Wildman–Crippen LogP) is 4.83. The molecule has 0 aliphatic carbocycles. The number of benzene rings is 1. The van der Waals surface area contributed by atoms with E-state index in [2.05, 4.69) is 28.7 Å². The molecule has 7 heteroatoms. The summed E-state index contributed by atoms with van der Waals surface area (Å²) in [5.74, 6) is -2.93. The smallest absolute Gasteiger partial charge is 0.150 e. The molecule has 0 spiro atoms. The van der Waals surface area contributed by atoms with Crippen LogP contribution in [-0.4, -0.2) is 39.1 Å². The average molecular weight is 417 g/mol. The van der Waals surface area contributed by atoms with Crippen molar-refractivity contribution in [1.29, 1.82) is 0 Å². The zero-order valence-electron chi connectivity index (χ0n) is 17.5. The number of hydrogen-bond acceptors (Lipinski definition) is 3. The minimum atomic E-state index is -1.63. The van der Waals surface area contributed by atoms with Gasteiger partial charge < -0.3 is 15.0 Å². The highest BCUT2D eigenvalue weighted by Crippen LogP contribution is 2.45. The van der Waals surface area contributed by atoms with Crippen LogP contribution in [0.15, 0.2) is 30.6 Å². The minimum Gasteiger partial charge on any atom is -0.384 e. The van der Waals surface area contributed by atoms with Gasteiger partial charge in [-0.05, 0) is 43.2 Å². The molecule has 4 rings (SSSR count). The molecule has 1 aromatic carbocycles. The Balaban J connectivity index is 1.81. The van der Waals surface area contributed by atoms with Gasteiger partial charge in [0, 0.05) is 43.4 Å². The molecule has 3 heterocycles. The largest absolute Gasteiger partial charge is 0.384 e. The highest BCUT2D eigenvalue weighted by atomic mass is 19.1. The summed E-state index contributed by atoms with van der Waals surface area (Å²) in [6, 6.07) is 4.15. The quantitative estimate of drug-likeness (QED) is 0.642. The highest BCUT2D eigenvalue weighted by molar-refractivity contribution is 5.93. The number of nitrogens with zero attached hydrogens (tertiary/aromatic N) is 2. The lowest BCUT2D eigenvalue weighted by Gasteiger charge is -2.49. The van der Waals surface area contributed by atoms with E-state index >= 15 is 8.78 Å². The van der Waals surface area contributed by atoms with Gasteiger partial charge in [-0.3, -0.25) is 0 Å². The summed E-state index contributed by atoms with van der Waals surface area (Å²) in [6.07, 6.45) is 2.62. The van der Waals surface area contributed by atoms with Gasteiger partial charge in [-0.2, -0.15) is 0 Å². The van der Waals surface area contributed by atoms with Gasteiger partial charge in [0.25, 0.3) is 0 Å². The molecule has 2 aromatic heterocycles. The fourth-order valence-corrected chi connectivity index (χ4v) is 4.83. The molecule has 1 aliphatic heterocycles. The van der Waals surface area contributed by atoms with Gasteiger partial charge in [0.1, 0.15) is 22.9 Å². The first-order valence-corrected chi connectivity index (χ1v) is 10.2. The summed E-state index contributed by atoms with van der Waals surface area (Å²) < 4.78 is 44.9. The summed E-state index contributed by atoms with van der Waals surface area (Å²) in [4.78, 5) is 8.96.